The van der Waals surface area contributed by atoms with Crippen molar-refractivity contribution >= 4 is 11.8 Å². The van der Waals surface area contributed by atoms with E-state index in [1.54, 1.807) is 0 Å². The molecule has 0 aromatic carbocycles. The summed E-state index contributed by atoms with van der Waals surface area (Å²) in [5.74, 6) is 4.23. The first-order valence-corrected chi connectivity index (χ1v) is 7.38. The van der Waals surface area contributed by atoms with E-state index in [0.717, 1.165) is 42.5 Å². The normalized spacial score (nSPS) is 13.2. The number of hydrogen-bond acceptors (Lipinski definition) is 5. The number of aromatic nitrogens is 2. The minimum absolute atomic E-state index is 0.249. The highest BCUT2D eigenvalue weighted by Gasteiger charge is 2.07. The Morgan fingerprint density at radius 2 is 2.12 bits per heavy atom. The molecule has 1 unspecified atom stereocenters. The van der Waals surface area contributed by atoms with Gasteiger partial charge in [0, 0.05) is 12.5 Å². The maximum atomic E-state index is 5.69. The van der Waals surface area contributed by atoms with E-state index < -0.39 is 0 Å². The number of hydrogen-bond donors (Lipinski definition) is 1. The maximum Gasteiger partial charge on any atom is 0.226 e. The summed E-state index contributed by atoms with van der Waals surface area (Å²) in [7, 11) is 0. The molecule has 98 valence electrons. The summed E-state index contributed by atoms with van der Waals surface area (Å²) < 4.78 is 5.19. The van der Waals surface area contributed by atoms with Gasteiger partial charge in [0.1, 0.15) is 0 Å². The van der Waals surface area contributed by atoms with Crippen molar-refractivity contribution in [1.82, 2.24) is 10.1 Å². The van der Waals surface area contributed by atoms with Gasteiger partial charge in [-0.2, -0.15) is 16.7 Å². The van der Waals surface area contributed by atoms with Gasteiger partial charge in [-0.3, -0.25) is 0 Å². The first-order chi connectivity index (χ1) is 8.08. The zero-order chi connectivity index (χ0) is 12.7. The fourth-order valence-corrected chi connectivity index (χ4v) is 2.30. The third-order valence-electron chi connectivity index (χ3n) is 2.24. The highest BCUT2D eigenvalue weighted by molar-refractivity contribution is 7.98. The van der Waals surface area contributed by atoms with Crippen LogP contribution in [0.5, 0.6) is 0 Å². The van der Waals surface area contributed by atoms with Gasteiger partial charge in [0.05, 0.1) is 5.75 Å². The van der Waals surface area contributed by atoms with E-state index in [1.165, 1.54) is 0 Å². The smallest absolute Gasteiger partial charge is 0.226 e. The van der Waals surface area contributed by atoms with Crippen LogP contribution in [0.25, 0.3) is 0 Å². The highest BCUT2D eigenvalue weighted by atomic mass is 32.2. The van der Waals surface area contributed by atoms with Crippen molar-refractivity contribution in [2.24, 2.45) is 11.7 Å². The maximum absolute atomic E-state index is 5.69. The second kappa shape index (κ2) is 7.71. The molecule has 0 saturated heterocycles. The van der Waals surface area contributed by atoms with Crippen LogP contribution < -0.4 is 5.73 Å². The third kappa shape index (κ3) is 6.68. The van der Waals surface area contributed by atoms with Crippen molar-refractivity contribution < 1.29 is 4.52 Å². The Morgan fingerprint density at radius 3 is 2.76 bits per heavy atom. The van der Waals surface area contributed by atoms with Crippen LogP contribution >= 0.6 is 11.8 Å². The zero-order valence-electron chi connectivity index (χ0n) is 11.0. The van der Waals surface area contributed by atoms with Crippen molar-refractivity contribution in [1.29, 1.82) is 0 Å². The van der Waals surface area contributed by atoms with E-state index in [2.05, 4.69) is 24.0 Å². The van der Waals surface area contributed by atoms with E-state index in [4.69, 9.17) is 10.3 Å². The van der Waals surface area contributed by atoms with Crippen LogP contribution in [0.2, 0.25) is 0 Å². The molecule has 0 aliphatic rings. The lowest BCUT2D eigenvalue weighted by molar-refractivity contribution is 0.369. The Labute approximate surface area is 108 Å². The largest absolute Gasteiger partial charge is 0.339 e. The molecule has 1 aromatic rings. The third-order valence-corrected chi connectivity index (χ3v) is 3.61. The molecule has 1 heterocycles. The second-order valence-electron chi connectivity index (χ2n) is 4.88. The van der Waals surface area contributed by atoms with E-state index in [0.29, 0.717) is 5.92 Å². The summed E-state index contributed by atoms with van der Waals surface area (Å²) >= 11 is 1.85. The van der Waals surface area contributed by atoms with Crippen LogP contribution in [-0.4, -0.2) is 21.9 Å². The molecule has 2 N–H and O–H groups in total. The summed E-state index contributed by atoms with van der Waals surface area (Å²) in [5.41, 5.74) is 5.69. The molecule has 0 spiro atoms. The molecule has 5 heteroatoms. The number of rotatable bonds is 8. The van der Waals surface area contributed by atoms with E-state index in [9.17, 15) is 0 Å². The molecular weight excluding hydrogens is 234 g/mol. The molecule has 0 aliphatic carbocycles. The first-order valence-electron chi connectivity index (χ1n) is 6.22. The van der Waals surface area contributed by atoms with E-state index in [-0.39, 0.29) is 6.04 Å². The summed E-state index contributed by atoms with van der Waals surface area (Å²) in [5, 5.41) is 3.97. The predicted molar refractivity (Wildman–Crippen MR) is 71.9 cm³/mol. The van der Waals surface area contributed by atoms with Crippen LogP contribution in [0, 0.1) is 5.92 Å². The summed E-state index contributed by atoms with van der Waals surface area (Å²) in [4.78, 5) is 4.36. The fraction of sp³-hybridized carbons (Fsp3) is 0.833. The summed E-state index contributed by atoms with van der Waals surface area (Å²) in [6.45, 7) is 6.44. The zero-order valence-corrected chi connectivity index (χ0v) is 11.8. The summed E-state index contributed by atoms with van der Waals surface area (Å²) in [6, 6.07) is 0.249. The van der Waals surface area contributed by atoms with Gasteiger partial charge in [-0.25, -0.2) is 0 Å². The van der Waals surface area contributed by atoms with Gasteiger partial charge in [0.2, 0.25) is 5.89 Å². The van der Waals surface area contributed by atoms with Gasteiger partial charge in [0.15, 0.2) is 5.82 Å². The van der Waals surface area contributed by atoms with Crippen molar-refractivity contribution in [3.8, 4) is 0 Å². The molecule has 1 atom stereocenters. The van der Waals surface area contributed by atoms with Crippen molar-refractivity contribution in [2.75, 3.05) is 5.75 Å². The average molecular weight is 257 g/mol. The van der Waals surface area contributed by atoms with Crippen LogP contribution in [0.4, 0.5) is 0 Å². The van der Waals surface area contributed by atoms with Crippen molar-refractivity contribution in [3.63, 3.8) is 0 Å². The van der Waals surface area contributed by atoms with Crippen LogP contribution in [-0.2, 0) is 12.2 Å². The Morgan fingerprint density at radius 1 is 1.35 bits per heavy atom. The van der Waals surface area contributed by atoms with Crippen LogP contribution in [0.1, 0.15) is 45.3 Å². The first kappa shape index (κ1) is 14.5. The van der Waals surface area contributed by atoms with Gasteiger partial charge in [-0.1, -0.05) is 19.0 Å². The standard InChI is InChI=1S/C12H23N3OS/c1-9(2)7-17-8-11-14-12(16-15-11)6-4-5-10(3)13/h9-10H,4-8,13H2,1-3H3. The predicted octanol–water partition coefficient (Wildman–Crippen LogP) is 2.63. The summed E-state index contributed by atoms with van der Waals surface area (Å²) in [6.07, 6.45) is 2.85. The van der Waals surface area contributed by atoms with Gasteiger partial charge in [-0.05, 0) is 31.4 Å². The number of nitrogens with two attached hydrogens (primary N) is 1. The molecule has 4 nitrogen and oxygen atoms in total. The Bertz CT molecular complexity index is 284. The monoisotopic (exact) mass is 257 g/mol. The van der Waals surface area contributed by atoms with Crippen LogP contribution in [0.15, 0.2) is 4.52 Å². The van der Waals surface area contributed by atoms with E-state index >= 15 is 0 Å². The van der Waals surface area contributed by atoms with Crippen LogP contribution in [0.3, 0.4) is 0 Å². The quantitative estimate of drug-likeness (QED) is 0.775. The molecule has 1 aromatic heterocycles. The molecule has 1 rings (SSSR count). The molecule has 0 amide bonds. The van der Waals surface area contributed by atoms with Crippen molar-refractivity contribution in [3.05, 3.63) is 11.7 Å². The topological polar surface area (TPSA) is 64.9 Å². The molecule has 0 bridgehead atoms. The molecule has 0 saturated carbocycles. The molecule has 17 heavy (non-hydrogen) atoms. The fourth-order valence-electron chi connectivity index (χ4n) is 1.41. The lowest BCUT2D eigenvalue weighted by atomic mass is 10.1. The minimum atomic E-state index is 0.249. The number of nitrogens with zero attached hydrogens (tertiary/aromatic N) is 2. The minimum Gasteiger partial charge on any atom is -0.339 e. The number of thioether (sulfide) groups is 1. The van der Waals surface area contributed by atoms with Gasteiger partial charge >= 0.3 is 0 Å². The molecule has 0 aliphatic heterocycles. The van der Waals surface area contributed by atoms with Gasteiger partial charge < -0.3 is 10.3 Å². The SMILES string of the molecule is CC(C)CSCc1noc(CCCC(C)N)n1. The van der Waals surface area contributed by atoms with Crippen molar-refractivity contribution in [2.45, 2.75) is 51.8 Å². The van der Waals surface area contributed by atoms with Gasteiger partial charge in [-0.15, -0.1) is 0 Å². The Hall–Kier alpha value is -0.550. The average Bonchev–Trinajstić information content (AvgIpc) is 2.65. The van der Waals surface area contributed by atoms with Gasteiger partial charge in [0.25, 0.3) is 0 Å². The molecule has 0 radical (unpaired) electrons. The number of aryl methyl sites for hydroxylation is 1. The Balaban J connectivity index is 2.23. The highest BCUT2D eigenvalue weighted by Crippen LogP contribution is 2.13. The molecular formula is C12H23N3OS. The molecule has 0 fully saturated rings. The van der Waals surface area contributed by atoms with E-state index in [1.807, 2.05) is 18.7 Å². The lowest BCUT2D eigenvalue weighted by Crippen LogP contribution is -2.14. The Kier molecular flexibility index (Phi) is 6.58. The second-order valence-corrected chi connectivity index (χ2v) is 5.91. The lowest BCUT2D eigenvalue weighted by Gasteiger charge is -2.01.